The monoisotopic (exact) mass is 259 g/mol. The molecule has 1 aliphatic rings. The molecule has 4 nitrogen and oxygen atoms in total. The average Bonchev–Trinajstić information content (AvgIpc) is 2.67. The number of hydrogen-bond donors (Lipinski definition) is 1. The Kier molecular flexibility index (Phi) is 4.00. The highest BCUT2D eigenvalue weighted by Gasteiger charge is 2.25. The van der Waals surface area contributed by atoms with E-state index in [-0.39, 0.29) is 5.91 Å². The molecule has 0 aliphatic carbocycles. The summed E-state index contributed by atoms with van der Waals surface area (Å²) in [7, 11) is 0. The van der Waals surface area contributed by atoms with Gasteiger partial charge in [-0.05, 0) is 23.1 Å². The third-order valence-electron chi connectivity index (χ3n) is 3.18. The molecule has 4 heteroatoms. The number of carboxylic acids is 1. The summed E-state index contributed by atoms with van der Waals surface area (Å²) in [5, 5.41) is 8.54. The molecule has 1 N–H and O–H groups in total. The van der Waals surface area contributed by atoms with Crippen LogP contribution < -0.4 is 0 Å². The molecule has 1 heterocycles. The highest BCUT2D eigenvalue weighted by molar-refractivity contribution is 5.85. The number of aliphatic carboxylic acids is 1. The molecule has 1 amide bonds. The van der Waals surface area contributed by atoms with E-state index in [4.69, 9.17) is 5.11 Å². The second-order valence-electron chi connectivity index (χ2n) is 5.00. The van der Waals surface area contributed by atoms with Gasteiger partial charge in [0.15, 0.2) is 0 Å². The Hall–Kier alpha value is -2.10. The van der Waals surface area contributed by atoms with E-state index in [1.807, 2.05) is 29.2 Å². The van der Waals surface area contributed by atoms with E-state index < -0.39 is 5.97 Å². The average molecular weight is 259 g/mol. The van der Waals surface area contributed by atoms with Crippen molar-refractivity contribution < 1.29 is 14.7 Å². The molecule has 0 bridgehead atoms. The van der Waals surface area contributed by atoms with Crippen LogP contribution in [0.15, 0.2) is 30.3 Å². The molecule has 100 valence electrons. The summed E-state index contributed by atoms with van der Waals surface area (Å²) in [4.78, 5) is 24.0. The highest BCUT2D eigenvalue weighted by Crippen LogP contribution is 2.19. The minimum Gasteiger partial charge on any atom is -0.478 e. The quantitative estimate of drug-likeness (QED) is 0.843. The van der Waals surface area contributed by atoms with Gasteiger partial charge in [0.1, 0.15) is 0 Å². The van der Waals surface area contributed by atoms with Crippen LogP contribution in [0.5, 0.6) is 0 Å². The first-order valence-corrected chi connectivity index (χ1v) is 6.32. The number of hydrogen-bond acceptors (Lipinski definition) is 2. The maximum absolute atomic E-state index is 11.7. The molecule has 1 fully saturated rings. The number of carboxylic acid groups (broad SMARTS) is 1. The number of amides is 1. The van der Waals surface area contributed by atoms with E-state index >= 15 is 0 Å². The summed E-state index contributed by atoms with van der Waals surface area (Å²) in [6.45, 7) is 3.53. The molecule has 1 aromatic rings. The normalized spacial score (nSPS) is 19.3. The summed E-state index contributed by atoms with van der Waals surface area (Å²) in [6, 6.07) is 7.58. The summed E-state index contributed by atoms with van der Waals surface area (Å²) in [6.07, 6.45) is 3.30. The number of rotatable bonds is 4. The second-order valence-corrected chi connectivity index (χ2v) is 5.00. The van der Waals surface area contributed by atoms with E-state index in [1.54, 1.807) is 6.08 Å². The van der Waals surface area contributed by atoms with Crippen molar-refractivity contribution in [3.05, 3.63) is 41.5 Å². The van der Waals surface area contributed by atoms with Crippen molar-refractivity contribution in [1.82, 2.24) is 4.90 Å². The van der Waals surface area contributed by atoms with Crippen molar-refractivity contribution in [2.24, 2.45) is 5.92 Å². The molecule has 1 aliphatic heterocycles. The Morgan fingerprint density at radius 3 is 2.63 bits per heavy atom. The van der Waals surface area contributed by atoms with Crippen molar-refractivity contribution in [2.75, 3.05) is 6.54 Å². The van der Waals surface area contributed by atoms with Crippen molar-refractivity contribution >= 4 is 18.0 Å². The maximum Gasteiger partial charge on any atom is 0.328 e. The Bertz CT molecular complexity index is 505. The summed E-state index contributed by atoms with van der Waals surface area (Å²) >= 11 is 0. The van der Waals surface area contributed by atoms with Gasteiger partial charge in [-0.15, -0.1) is 0 Å². The van der Waals surface area contributed by atoms with Crippen molar-refractivity contribution in [3.63, 3.8) is 0 Å². The molecular formula is C15H17NO3. The summed E-state index contributed by atoms with van der Waals surface area (Å²) < 4.78 is 0. The van der Waals surface area contributed by atoms with Gasteiger partial charge in [-0.1, -0.05) is 31.2 Å². The van der Waals surface area contributed by atoms with Gasteiger partial charge in [0.05, 0.1) is 0 Å². The first-order chi connectivity index (χ1) is 9.04. The Morgan fingerprint density at radius 2 is 2.11 bits per heavy atom. The first-order valence-electron chi connectivity index (χ1n) is 6.32. The molecule has 1 aromatic carbocycles. The van der Waals surface area contributed by atoms with Gasteiger partial charge in [-0.25, -0.2) is 4.79 Å². The lowest BCUT2D eigenvalue weighted by Crippen LogP contribution is -2.24. The minimum absolute atomic E-state index is 0.211. The van der Waals surface area contributed by atoms with E-state index in [0.29, 0.717) is 18.9 Å². The number of likely N-dealkylation sites (tertiary alicyclic amines) is 1. The standard InChI is InChI=1S/C15H17NO3/c1-11-8-14(17)16(9-11)10-13-4-2-12(3-5-13)6-7-15(18)19/h2-7,11H,8-10H2,1H3,(H,18,19). The lowest BCUT2D eigenvalue weighted by atomic mass is 10.1. The third kappa shape index (κ3) is 3.68. The second kappa shape index (κ2) is 5.69. The summed E-state index contributed by atoms with van der Waals surface area (Å²) in [5.74, 6) is -0.312. The van der Waals surface area contributed by atoms with Gasteiger partial charge in [0.2, 0.25) is 5.91 Å². The Morgan fingerprint density at radius 1 is 1.42 bits per heavy atom. The largest absolute Gasteiger partial charge is 0.478 e. The smallest absolute Gasteiger partial charge is 0.328 e. The van der Waals surface area contributed by atoms with Crippen LogP contribution in [0.2, 0.25) is 0 Å². The van der Waals surface area contributed by atoms with Crippen LogP contribution in [0.25, 0.3) is 6.08 Å². The van der Waals surface area contributed by atoms with Gasteiger partial charge < -0.3 is 10.0 Å². The topological polar surface area (TPSA) is 57.6 Å². The number of carbonyl (C=O) groups is 2. The molecule has 1 unspecified atom stereocenters. The molecule has 2 rings (SSSR count). The fourth-order valence-electron chi connectivity index (χ4n) is 2.24. The number of nitrogens with zero attached hydrogens (tertiary/aromatic N) is 1. The molecular weight excluding hydrogens is 242 g/mol. The zero-order chi connectivity index (χ0) is 13.8. The van der Waals surface area contributed by atoms with Gasteiger partial charge in [0.25, 0.3) is 0 Å². The van der Waals surface area contributed by atoms with Gasteiger partial charge in [-0.3, -0.25) is 4.79 Å². The molecule has 0 saturated carbocycles. The van der Waals surface area contributed by atoms with E-state index in [2.05, 4.69) is 6.92 Å². The Labute approximate surface area is 112 Å². The van der Waals surface area contributed by atoms with Crippen LogP contribution in [0.3, 0.4) is 0 Å². The number of carbonyl (C=O) groups excluding carboxylic acids is 1. The number of benzene rings is 1. The first kappa shape index (κ1) is 13.3. The zero-order valence-electron chi connectivity index (χ0n) is 10.9. The van der Waals surface area contributed by atoms with Gasteiger partial charge >= 0.3 is 5.97 Å². The molecule has 19 heavy (non-hydrogen) atoms. The predicted octanol–water partition coefficient (Wildman–Crippen LogP) is 2.15. The van der Waals surface area contributed by atoms with Crippen LogP contribution in [0, 0.1) is 5.92 Å². The van der Waals surface area contributed by atoms with Crippen molar-refractivity contribution in [1.29, 1.82) is 0 Å². The fraction of sp³-hybridized carbons (Fsp3) is 0.333. The van der Waals surface area contributed by atoms with Crippen molar-refractivity contribution in [2.45, 2.75) is 19.9 Å². The molecule has 0 radical (unpaired) electrons. The summed E-state index contributed by atoms with van der Waals surface area (Å²) in [5.41, 5.74) is 1.90. The van der Waals surface area contributed by atoms with E-state index in [9.17, 15) is 9.59 Å². The SMILES string of the molecule is CC1CC(=O)N(Cc2ccc(C=CC(=O)O)cc2)C1. The lowest BCUT2D eigenvalue weighted by molar-refractivity contribution is -0.131. The maximum atomic E-state index is 11.7. The lowest BCUT2D eigenvalue weighted by Gasteiger charge is -2.16. The van der Waals surface area contributed by atoms with Crippen LogP contribution in [-0.2, 0) is 16.1 Å². The Balaban J connectivity index is 1.99. The van der Waals surface area contributed by atoms with Crippen LogP contribution in [-0.4, -0.2) is 28.4 Å². The van der Waals surface area contributed by atoms with Crippen molar-refractivity contribution in [3.8, 4) is 0 Å². The van der Waals surface area contributed by atoms with E-state index in [0.717, 1.165) is 23.7 Å². The van der Waals surface area contributed by atoms with Crippen LogP contribution >= 0.6 is 0 Å². The molecule has 1 saturated heterocycles. The van der Waals surface area contributed by atoms with Crippen LogP contribution in [0.1, 0.15) is 24.5 Å². The third-order valence-corrected chi connectivity index (χ3v) is 3.18. The molecule has 0 aromatic heterocycles. The van der Waals surface area contributed by atoms with Gasteiger partial charge in [0, 0.05) is 25.6 Å². The fourth-order valence-corrected chi connectivity index (χ4v) is 2.24. The minimum atomic E-state index is -0.958. The molecule has 0 spiro atoms. The van der Waals surface area contributed by atoms with E-state index in [1.165, 1.54) is 0 Å². The molecule has 1 atom stereocenters. The van der Waals surface area contributed by atoms with Crippen LogP contribution in [0.4, 0.5) is 0 Å². The zero-order valence-corrected chi connectivity index (χ0v) is 10.9. The predicted molar refractivity (Wildman–Crippen MR) is 72.3 cm³/mol. The van der Waals surface area contributed by atoms with Gasteiger partial charge in [-0.2, -0.15) is 0 Å². The highest BCUT2D eigenvalue weighted by atomic mass is 16.4.